The van der Waals surface area contributed by atoms with Gasteiger partial charge in [-0.05, 0) is 45.9 Å². The van der Waals surface area contributed by atoms with Crippen LogP contribution in [0.3, 0.4) is 0 Å². The van der Waals surface area contributed by atoms with E-state index in [0.717, 1.165) is 0 Å². The molecule has 1 saturated heterocycles. The molecular formula is C20H26FN3O4. The van der Waals surface area contributed by atoms with Crippen molar-refractivity contribution in [3.05, 3.63) is 29.7 Å². The van der Waals surface area contributed by atoms with Gasteiger partial charge in [-0.1, -0.05) is 0 Å². The van der Waals surface area contributed by atoms with Gasteiger partial charge in [0.05, 0.1) is 30.5 Å². The summed E-state index contributed by atoms with van der Waals surface area (Å²) in [5, 5.41) is 3.23. The molecule has 152 valence electrons. The van der Waals surface area contributed by atoms with E-state index in [9.17, 15) is 14.0 Å². The second kappa shape index (κ2) is 8.28. The fourth-order valence-corrected chi connectivity index (χ4v) is 3.58. The number of carbonyl (C=O) groups is 2. The quantitative estimate of drug-likeness (QED) is 0.766. The Labute approximate surface area is 163 Å². The number of nitrogens with zero attached hydrogens (tertiary/aromatic N) is 1. The predicted molar refractivity (Wildman–Crippen MR) is 104 cm³/mol. The Morgan fingerprint density at radius 3 is 2.68 bits per heavy atom. The first kappa shape index (κ1) is 20.3. The number of nitrogens with one attached hydrogen (secondary N) is 2. The molecule has 0 aliphatic carbocycles. The van der Waals surface area contributed by atoms with Crippen LogP contribution >= 0.6 is 0 Å². The number of halogens is 1. The smallest absolute Gasteiger partial charge is 0.356 e. The number of anilines is 1. The van der Waals surface area contributed by atoms with Crippen molar-refractivity contribution in [3.63, 3.8) is 0 Å². The molecule has 0 spiro atoms. The average molecular weight is 391 g/mol. The Balaban J connectivity index is 1.89. The molecule has 0 unspecified atom stereocenters. The molecule has 1 aliphatic heterocycles. The Hall–Kier alpha value is -2.45. The lowest BCUT2D eigenvalue weighted by atomic mass is 10.1. The molecule has 1 amide bonds. The molecule has 2 heterocycles. The summed E-state index contributed by atoms with van der Waals surface area (Å²) in [5.41, 5.74) is 0.881. The van der Waals surface area contributed by atoms with Crippen LogP contribution in [0.15, 0.2) is 18.2 Å². The van der Waals surface area contributed by atoms with E-state index in [-0.39, 0.29) is 36.1 Å². The molecule has 1 aromatic heterocycles. The van der Waals surface area contributed by atoms with Crippen LogP contribution in [0.1, 0.15) is 38.2 Å². The summed E-state index contributed by atoms with van der Waals surface area (Å²) < 4.78 is 24.6. The largest absolute Gasteiger partial charge is 0.461 e. The topological polar surface area (TPSA) is 83.7 Å². The highest BCUT2D eigenvalue weighted by atomic mass is 19.1. The van der Waals surface area contributed by atoms with E-state index in [0.29, 0.717) is 24.0 Å². The van der Waals surface area contributed by atoms with E-state index < -0.39 is 17.8 Å². The predicted octanol–water partition coefficient (Wildman–Crippen LogP) is 2.92. The van der Waals surface area contributed by atoms with Gasteiger partial charge in [-0.3, -0.25) is 9.69 Å². The zero-order valence-corrected chi connectivity index (χ0v) is 16.5. The molecule has 0 saturated carbocycles. The van der Waals surface area contributed by atoms with Crippen molar-refractivity contribution in [3.8, 4) is 0 Å². The maximum atomic E-state index is 13.8. The number of aromatic nitrogens is 1. The normalized spacial score (nSPS) is 21.5. The summed E-state index contributed by atoms with van der Waals surface area (Å²) in [6, 6.07) is 3.66. The van der Waals surface area contributed by atoms with Crippen LogP contribution in [0.25, 0.3) is 10.9 Å². The summed E-state index contributed by atoms with van der Waals surface area (Å²) in [7, 11) is 0. The van der Waals surface area contributed by atoms with Gasteiger partial charge in [-0.25, -0.2) is 9.18 Å². The van der Waals surface area contributed by atoms with Gasteiger partial charge in [-0.2, -0.15) is 0 Å². The Bertz CT molecular complexity index is 872. The zero-order valence-electron chi connectivity index (χ0n) is 16.5. The minimum atomic E-state index is -0.601. The number of carbonyl (C=O) groups excluding carboxylic acids is 2. The molecule has 2 aromatic rings. The summed E-state index contributed by atoms with van der Waals surface area (Å²) in [6.45, 7) is 8.89. The molecular weight excluding hydrogens is 365 g/mol. The summed E-state index contributed by atoms with van der Waals surface area (Å²) >= 11 is 0. The Kier molecular flexibility index (Phi) is 6.00. The third-order valence-corrected chi connectivity index (χ3v) is 4.86. The van der Waals surface area contributed by atoms with Crippen LogP contribution in [0.4, 0.5) is 10.1 Å². The van der Waals surface area contributed by atoms with Crippen molar-refractivity contribution in [2.45, 2.75) is 45.9 Å². The van der Waals surface area contributed by atoms with Crippen LogP contribution in [0.2, 0.25) is 0 Å². The first-order chi connectivity index (χ1) is 13.3. The SMILES string of the molecule is CCOC(=O)c1[nH]c2ccc(F)cc2c1NC(=O)[C@H](C)N1C[C@@H](C)O[C@H](C)C1. The number of ether oxygens (including phenoxy) is 2. The van der Waals surface area contributed by atoms with Crippen molar-refractivity contribution in [2.24, 2.45) is 0 Å². The van der Waals surface area contributed by atoms with Crippen molar-refractivity contribution in [1.82, 2.24) is 9.88 Å². The average Bonchev–Trinajstić information content (AvgIpc) is 2.98. The highest BCUT2D eigenvalue weighted by molar-refractivity contribution is 6.11. The number of morpholine rings is 1. The van der Waals surface area contributed by atoms with Crippen LogP contribution in [-0.2, 0) is 14.3 Å². The van der Waals surface area contributed by atoms with Gasteiger partial charge < -0.3 is 19.8 Å². The second-order valence-electron chi connectivity index (χ2n) is 7.16. The first-order valence-electron chi connectivity index (χ1n) is 9.48. The lowest BCUT2D eigenvalue weighted by Crippen LogP contribution is -2.52. The van der Waals surface area contributed by atoms with Gasteiger partial charge in [-0.15, -0.1) is 0 Å². The fraction of sp³-hybridized carbons (Fsp3) is 0.500. The maximum Gasteiger partial charge on any atom is 0.356 e. The number of fused-ring (bicyclic) bond motifs is 1. The number of esters is 1. The minimum absolute atomic E-state index is 0.0243. The molecule has 3 atom stereocenters. The fourth-order valence-electron chi connectivity index (χ4n) is 3.58. The molecule has 8 heteroatoms. The van der Waals surface area contributed by atoms with Crippen LogP contribution in [0, 0.1) is 5.82 Å². The van der Waals surface area contributed by atoms with Gasteiger partial charge >= 0.3 is 5.97 Å². The molecule has 0 radical (unpaired) electrons. The van der Waals surface area contributed by atoms with Crippen molar-refractivity contribution in [2.75, 3.05) is 25.0 Å². The first-order valence-corrected chi connectivity index (χ1v) is 9.48. The monoisotopic (exact) mass is 391 g/mol. The van der Waals surface area contributed by atoms with Gasteiger partial charge in [0.1, 0.15) is 11.5 Å². The van der Waals surface area contributed by atoms with E-state index in [4.69, 9.17) is 9.47 Å². The Morgan fingerprint density at radius 1 is 1.36 bits per heavy atom. The number of benzene rings is 1. The van der Waals surface area contributed by atoms with Crippen LogP contribution in [-0.4, -0.2) is 59.7 Å². The number of H-pyrrole nitrogens is 1. The van der Waals surface area contributed by atoms with Crippen molar-refractivity contribution >= 4 is 28.5 Å². The number of amides is 1. The number of rotatable bonds is 5. The van der Waals surface area contributed by atoms with Gasteiger partial charge in [0.2, 0.25) is 5.91 Å². The number of hydrogen-bond donors (Lipinski definition) is 2. The summed E-state index contributed by atoms with van der Waals surface area (Å²) in [6.07, 6.45) is 0.0487. The van der Waals surface area contributed by atoms with Gasteiger partial charge in [0.25, 0.3) is 0 Å². The molecule has 7 nitrogen and oxygen atoms in total. The van der Waals surface area contributed by atoms with Crippen molar-refractivity contribution < 1.29 is 23.5 Å². The molecule has 1 aromatic carbocycles. The van der Waals surface area contributed by atoms with E-state index in [1.54, 1.807) is 13.8 Å². The summed E-state index contributed by atoms with van der Waals surface area (Å²) in [4.78, 5) is 30.2. The van der Waals surface area contributed by atoms with Crippen LogP contribution < -0.4 is 5.32 Å². The summed E-state index contributed by atoms with van der Waals surface area (Å²) in [5.74, 6) is -1.34. The van der Waals surface area contributed by atoms with E-state index in [2.05, 4.69) is 10.3 Å². The highest BCUT2D eigenvalue weighted by Crippen LogP contribution is 2.29. The Morgan fingerprint density at radius 2 is 2.04 bits per heavy atom. The second-order valence-corrected chi connectivity index (χ2v) is 7.16. The highest BCUT2D eigenvalue weighted by Gasteiger charge is 2.30. The lowest BCUT2D eigenvalue weighted by Gasteiger charge is -2.38. The molecule has 3 rings (SSSR count). The van der Waals surface area contributed by atoms with Crippen LogP contribution in [0.5, 0.6) is 0 Å². The molecule has 1 aliphatic rings. The number of hydrogen-bond acceptors (Lipinski definition) is 5. The molecule has 1 fully saturated rings. The molecule has 2 N–H and O–H groups in total. The van der Waals surface area contributed by atoms with Crippen molar-refractivity contribution in [1.29, 1.82) is 0 Å². The molecule has 28 heavy (non-hydrogen) atoms. The lowest BCUT2D eigenvalue weighted by molar-refractivity contribution is -0.126. The third-order valence-electron chi connectivity index (χ3n) is 4.86. The van der Waals surface area contributed by atoms with E-state index in [1.165, 1.54) is 18.2 Å². The molecule has 0 bridgehead atoms. The zero-order chi connectivity index (χ0) is 20.4. The van der Waals surface area contributed by atoms with Gasteiger partial charge in [0.15, 0.2) is 0 Å². The number of aromatic amines is 1. The van der Waals surface area contributed by atoms with E-state index >= 15 is 0 Å². The van der Waals surface area contributed by atoms with Gasteiger partial charge in [0, 0.05) is 24.0 Å². The third kappa shape index (κ3) is 4.18. The maximum absolute atomic E-state index is 13.8. The van der Waals surface area contributed by atoms with E-state index in [1.807, 2.05) is 18.7 Å². The standard InChI is InChI=1S/C20H26FN3O4/c1-5-27-20(26)18-17(15-8-14(21)6-7-16(15)22-18)23-19(25)13(4)24-9-11(2)28-12(3)10-24/h6-8,11-13,22H,5,9-10H2,1-4H3,(H,23,25)/t11-,12-,13+/m1/s1. The minimum Gasteiger partial charge on any atom is -0.461 e.